The molecule has 0 spiro atoms. The molecule has 1 aromatic rings. The lowest BCUT2D eigenvalue weighted by Crippen LogP contribution is -2.37. The third-order valence-corrected chi connectivity index (χ3v) is 2.78. The maximum Gasteiger partial charge on any atom is 0.407 e. The van der Waals surface area contributed by atoms with Crippen LogP contribution in [0.5, 0.6) is 0 Å². The minimum atomic E-state index is -1.73. The number of nitro benzene ring substituents is 1. The number of aliphatic hydroxyl groups excluding tert-OH is 1. The average molecular weight is 284 g/mol. The first-order chi connectivity index (χ1) is 9.31. The first kappa shape index (κ1) is 15.9. The van der Waals surface area contributed by atoms with Gasteiger partial charge >= 0.3 is 6.09 Å². The highest BCUT2D eigenvalue weighted by molar-refractivity contribution is 5.65. The van der Waals surface area contributed by atoms with Crippen molar-refractivity contribution in [2.24, 2.45) is 0 Å². The molecule has 0 bridgehead atoms. The van der Waals surface area contributed by atoms with Gasteiger partial charge in [0.05, 0.1) is 11.5 Å². The fourth-order valence-corrected chi connectivity index (χ4v) is 1.80. The van der Waals surface area contributed by atoms with Crippen LogP contribution in [0.4, 0.5) is 10.5 Å². The molecule has 1 rings (SSSR count). The summed E-state index contributed by atoms with van der Waals surface area (Å²) in [4.78, 5) is 21.9. The Balaban J connectivity index is 2.71. The normalized spacial score (nSPS) is 10.6. The largest absolute Gasteiger partial charge is 0.465 e. The molecule has 110 valence electrons. The zero-order valence-electron chi connectivity index (χ0n) is 10.9. The van der Waals surface area contributed by atoms with Crippen molar-refractivity contribution >= 4 is 11.8 Å². The van der Waals surface area contributed by atoms with E-state index in [4.69, 9.17) is 15.3 Å². The van der Waals surface area contributed by atoms with E-state index in [1.54, 1.807) is 19.1 Å². The van der Waals surface area contributed by atoms with Gasteiger partial charge < -0.3 is 20.2 Å². The Hall–Kier alpha value is -2.19. The molecule has 0 saturated carbocycles. The molecule has 8 heteroatoms. The predicted molar refractivity (Wildman–Crippen MR) is 69.4 cm³/mol. The van der Waals surface area contributed by atoms with Gasteiger partial charge in [-0.1, -0.05) is 6.07 Å². The van der Waals surface area contributed by atoms with Gasteiger partial charge in [0.2, 0.25) is 0 Å². The van der Waals surface area contributed by atoms with Crippen molar-refractivity contribution in [3.63, 3.8) is 0 Å². The summed E-state index contributed by atoms with van der Waals surface area (Å²) in [5.41, 5.74) is 1.25. The molecule has 0 fully saturated rings. The third kappa shape index (κ3) is 4.48. The number of aryl methyl sites for hydroxylation is 1. The topological polar surface area (TPSA) is 124 Å². The zero-order chi connectivity index (χ0) is 15.3. The van der Waals surface area contributed by atoms with Crippen LogP contribution in [0.25, 0.3) is 0 Å². The van der Waals surface area contributed by atoms with Crippen molar-refractivity contribution in [3.05, 3.63) is 39.4 Å². The molecule has 0 aliphatic heterocycles. The molecule has 0 aromatic heterocycles. The molecule has 0 atom stereocenters. The van der Waals surface area contributed by atoms with Crippen LogP contribution >= 0.6 is 0 Å². The third-order valence-electron chi connectivity index (χ3n) is 2.78. The van der Waals surface area contributed by atoms with Crippen molar-refractivity contribution < 1.29 is 25.0 Å². The Kier molecular flexibility index (Phi) is 5.42. The minimum Gasteiger partial charge on any atom is -0.465 e. The molecule has 0 radical (unpaired) electrons. The first-order valence-corrected chi connectivity index (χ1v) is 5.89. The van der Waals surface area contributed by atoms with Crippen molar-refractivity contribution in [1.29, 1.82) is 0 Å². The van der Waals surface area contributed by atoms with Gasteiger partial charge in [-0.25, -0.2) is 4.79 Å². The van der Waals surface area contributed by atoms with Crippen LogP contribution < -0.4 is 0 Å². The Morgan fingerprint density at radius 2 is 2.10 bits per heavy atom. The molecule has 0 aliphatic rings. The van der Waals surface area contributed by atoms with Crippen molar-refractivity contribution in [1.82, 2.24) is 4.90 Å². The van der Waals surface area contributed by atoms with Crippen LogP contribution in [0, 0.1) is 17.0 Å². The molecule has 20 heavy (non-hydrogen) atoms. The Labute approximate surface area is 115 Å². The van der Waals surface area contributed by atoms with E-state index in [1.807, 2.05) is 0 Å². The van der Waals surface area contributed by atoms with Gasteiger partial charge in [0.15, 0.2) is 6.29 Å². The lowest BCUT2D eigenvalue weighted by Gasteiger charge is -2.20. The van der Waals surface area contributed by atoms with Crippen molar-refractivity contribution in [3.8, 4) is 0 Å². The molecule has 0 aliphatic carbocycles. The lowest BCUT2D eigenvalue weighted by atomic mass is 10.1. The molecule has 8 nitrogen and oxygen atoms in total. The van der Waals surface area contributed by atoms with E-state index in [9.17, 15) is 14.9 Å². The SMILES string of the molecule is Cc1cc(CCN(CC(O)O)C(=O)O)ccc1[N+](=O)[O-]. The molecule has 3 N–H and O–H groups in total. The van der Waals surface area contributed by atoms with E-state index in [0.717, 1.165) is 10.5 Å². The summed E-state index contributed by atoms with van der Waals surface area (Å²) in [5, 5.41) is 37.1. The second-order valence-corrected chi connectivity index (χ2v) is 4.34. The first-order valence-electron chi connectivity index (χ1n) is 5.89. The highest BCUT2D eigenvalue weighted by Crippen LogP contribution is 2.19. The molecule has 0 saturated heterocycles. The smallest absolute Gasteiger partial charge is 0.407 e. The highest BCUT2D eigenvalue weighted by atomic mass is 16.6. The fourth-order valence-electron chi connectivity index (χ4n) is 1.80. The number of carboxylic acid groups (broad SMARTS) is 1. The Morgan fingerprint density at radius 1 is 1.45 bits per heavy atom. The van der Waals surface area contributed by atoms with Gasteiger partial charge in [-0.3, -0.25) is 10.1 Å². The van der Waals surface area contributed by atoms with E-state index < -0.39 is 23.9 Å². The van der Waals surface area contributed by atoms with Gasteiger partial charge in [0.25, 0.3) is 5.69 Å². The number of nitro groups is 1. The number of carbonyl (C=O) groups is 1. The summed E-state index contributed by atoms with van der Waals surface area (Å²) >= 11 is 0. The number of hydrogen-bond donors (Lipinski definition) is 3. The lowest BCUT2D eigenvalue weighted by molar-refractivity contribution is -0.385. The van der Waals surface area contributed by atoms with E-state index in [0.29, 0.717) is 12.0 Å². The number of hydrogen-bond acceptors (Lipinski definition) is 5. The molecule has 1 amide bonds. The van der Waals surface area contributed by atoms with Crippen LogP contribution in [0.15, 0.2) is 18.2 Å². The summed E-state index contributed by atoms with van der Waals surface area (Å²) in [6, 6.07) is 4.55. The van der Waals surface area contributed by atoms with Crippen LogP contribution in [0.3, 0.4) is 0 Å². The van der Waals surface area contributed by atoms with Crippen molar-refractivity contribution in [2.75, 3.05) is 13.1 Å². The maximum absolute atomic E-state index is 10.9. The quantitative estimate of drug-likeness (QED) is 0.402. The second-order valence-electron chi connectivity index (χ2n) is 4.34. The summed E-state index contributed by atoms with van der Waals surface area (Å²) in [7, 11) is 0. The van der Waals surface area contributed by atoms with Crippen LogP contribution in [0.1, 0.15) is 11.1 Å². The molecular formula is C12H16N2O6. The van der Waals surface area contributed by atoms with Crippen molar-refractivity contribution in [2.45, 2.75) is 19.6 Å². The van der Waals surface area contributed by atoms with E-state index in [1.165, 1.54) is 6.07 Å². The minimum absolute atomic E-state index is 0.00891. The Bertz CT molecular complexity index is 503. The number of rotatable bonds is 6. The van der Waals surface area contributed by atoms with E-state index >= 15 is 0 Å². The van der Waals surface area contributed by atoms with Crippen LogP contribution in [-0.2, 0) is 6.42 Å². The fraction of sp³-hybridized carbons (Fsp3) is 0.417. The number of aliphatic hydroxyl groups is 2. The summed E-state index contributed by atoms with van der Waals surface area (Å²) in [6.45, 7) is 1.28. The van der Waals surface area contributed by atoms with Gasteiger partial charge in [-0.05, 0) is 25.0 Å². The van der Waals surface area contributed by atoms with E-state index in [-0.39, 0.29) is 12.2 Å². The monoisotopic (exact) mass is 284 g/mol. The maximum atomic E-state index is 10.9. The summed E-state index contributed by atoms with van der Waals surface area (Å²) in [5.74, 6) is 0. The number of benzene rings is 1. The molecule has 0 unspecified atom stereocenters. The van der Waals surface area contributed by atoms with E-state index in [2.05, 4.69) is 0 Å². The van der Waals surface area contributed by atoms with Gasteiger partial charge in [0.1, 0.15) is 0 Å². The van der Waals surface area contributed by atoms with Gasteiger partial charge in [-0.15, -0.1) is 0 Å². The zero-order valence-corrected chi connectivity index (χ0v) is 10.9. The van der Waals surface area contributed by atoms with Gasteiger partial charge in [0, 0.05) is 18.2 Å². The van der Waals surface area contributed by atoms with Crippen LogP contribution in [-0.4, -0.2) is 50.6 Å². The number of amides is 1. The Morgan fingerprint density at radius 3 is 2.55 bits per heavy atom. The highest BCUT2D eigenvalue weighted by Gasteiger charge is 2.16. The van der Waals surface area contributed by atoms with Gasteiger partial charge in [-0.2, -0.15) is 0 Å². The summed E-state index contributed by atoms with van der Waals surface area (Å²) in [6.07, 6.45) is -2.65. The second kappa shape index (κ2) is 6.83. The standard InChI is InChI=1S/C12H16N2O6/c1-8-6-9(2-3-10(8)14(19)20)4-5-13(12(17)18)7-11(15)16/h2-3,6,11,15-16H,4-5,7H2,1H3,(H,17,18). The molecule has 0 heterocycles. The van der Waals surface area contributed by atoms with Crippen LogP contribution in [0.2, 0.25) is 0 Å². The number of nitrogens with zero attached hydrogens (tertiary/aromatic N) is 2. The molecular weight excluding hydrogens is 268 g/mol. The average Bonchev–Trinajstić information content (AvgIpc) is 2.33. The molecule has 1 aromatic carbocycles. The summed E-state index contributed by atoms with van der Waals surface area (Å²) < 4.78 is 0. The predicted octanol–water partition coefficient (Wildman–Crippen LogP) is 0.736.